The molecule has 1 aliphatic rings. The van der Waals surface area contributed by atoms with E-state index in [0.29, 0.717) is 11.2 Å². The number of anilines is 3. The highest BCUT2D eigenvalue weighted by Gasteiger charge is 2.20. The predicted octanol–water partition coefficient (Wildman–Crippen LogP) is 0.991. The normalized spacial score (nSPS) is 16.5. The molecule has 0 amide bonds. The van der Waals surface area contributed by atoms with Gasteiger partial charge in [-0.05, 0) is 25.0 Å². The number of aromatic nitrogens is 4. The molecule has 2 aromatic rings. The van der Waals surface area contributed by atoms with Crippen LogP contribution in [0.4, 0.5) is 16.1 Å². The van der Waals surface area contributed by atoms with E-state index in [0.717, 1.165) is 36.9 Å². The van der Waals surface area contributed by atoms with Crippen LogP contribution in [0.3, 0.4) is 0 Å². The fourth-order valence-corrected chi connectivity index (χ4v) is 2.77. The van der Waals surface area contributed by atoms with E-state index in [1.54, 1.807) is 6.20 Å². The topological polar surface area (TPSA) is 92.8 Å². The van der Waals surface area contributed by atoms with Gasteiger partial charge in [-0.3, -0.25) is 0 Å². The predicted molar refractivity (Wildman–Crippen MR) is 75.2 cm³/mol. The van der Waals surface area contributed by atoms with Gasteiger partial charge in [0.05, 0.1) is 0 Å². The lowest BCUT2D eigenvalue weighted by Crippen LogP contribution is -2.39. The van der Waals surface area contributed by atoms with E-state index in [4.69, 9.17) is 5.73 Å². The summed E-state index contributed by atoms with van der Waals surface area (Å²) >= 11 is 1.39. The minimum absolute atomic E-state index is 0.417. The van der Waals surface area contributed by atoms with Gasteiger partial charge in [0.2, 0.25) is 10.3 Å². The van der Waals surface area contributed by atoms with Crippen molar-refractivity contribution in [2.75, 3.05) is 29.0 Å². The Morgan fingerprint density at radius 2 is 2.11 bits per heavy atom. The summed E-state index contributed by atoms with van der Waals surface area (Å²) in [7, 11) is 0. The Bertz CT molecular complexity index is 521. The average molecular weight is 277 g/mol. The summed E-state index contributed by atoms with van der Waals surface area (Å²) < 4.78 is 0. The molecule has 1 fully saturated rings. The average Bonchev–Trinajstić information content (AvgIpc) is 2.86. The molecule has 3 heterocycles. The van der Waals surface area contributed by atoms with Crippen LogP contribution in [-0.4, -0.2) is 39.5 Å². The zero-order chi connectivity index (χ0) is 13.1. The van der Waals surface area contributed by atoms with Gasteiger partial charge >= 0.3 is 0 Å². The van der Waals surface area contributed by atoms with Gasteiger partial charge in [0.25, 0.3) is 0 Å². The van der Waals surface area contributed by atoms with Crippen LogP contribution in [0.2, 0.25) is 0 Å². The third-order valence-corrected chi connectivity index (χ3v) is 3.83. The first-order chi connectivity index (χ1) is 9.31. The number of rotatable bonds is 3. The van der Waals surface area contributed by atoms with Gasteiger partial charge in [-0.1, -0.05) is 11.3 Å². The summed E-state index contributed by atoms with van der Waals surface area (Å²) in [6.07, 6.45) is 3.77. The molecular formula is C11H15N7S. The van der Waals surface area contributed by atoms with E-state index in [2.05, 4.69) is 30.6 Å². The molecule has 1 saturated heterocycles. The van der Waals surface area contributed by atoms with Crippen molar-refractivity contribution in [3.05, 3.63) is 18.3 Å². The van der Waals surface area contributed by atoms with Gasteiger partial charge in [0, 0.05) is 25.3 Å². The monoisotopic (exact) mass is 277 g/mol. The number of nitrogen functional groups attached to an aromatic ring is 1. The van der Waals surface area contributed by atoms with Crippen molar-refractivity contribution in [3.8, 4) is 0 Å². The van der Waals surface area contributed by atoms with Crippen LogP contribution in [0, 0.1) is 0 Å². The number of hydrogen-bond acceptors (Lipinski definition) is 8. The Balaban J connectivity index is 1.55. The number of nitrogens with zero attached hydrogens (tertiary/aromatic N) is 5. The van der Waals surface area contributed by atoms with Crippen molar-refractivity contribution in [3.63, 3.8) is 0 Å². The summed E-state index contributed by atoms with van der Waals surface area (Å²) in [5.74, 6) is 0.945. The Kier molecular flexibility index (Phi) is 3.41. The Morgan fingerprint density at radius 3 is 2.74 bits per heavy atom. The van der Waals surface area contributed by atoms with Gasteiger partial charge in [-0.15, -0.1) is 15.3 Å². The lowest BCUT2D eigenvalue weighted by atomic mass is 10.1. The molecule has 3 rings (SSSR count). The molecule has 0 bridgehead atoms. The van der Waals surface area contributed by atoms with Crippen molar-refractivity contribution < 1.29 is 0 Å². The minimum atomic E-state index is 0.417. The molecule has 8 heteroatoms. The van der Waals surface area contributed by atoms with Crippen LogP contribution in [0.15, 0.2) is 18.3 Å². The highest BCUT2D eigenvalue weighted by atomic mass is 32.1. The van der Waals surface area contributed by atoms with Crippen LogP contribution in [-0.2, 0) is 0 Å². The second-order valence-electron chi connectivity index (χ2n) is 4.43. The van der Waals surface area contributed by atoms with E-state index in [1.807, 2.05) is 12.1 Å². The van der Waals surface area contributed by atoms with Crippen LogP contribution < -0.4 is 16.0 Å². The van der Waals surface area contributed by atoms with E-state index in [9.17, 15) is 0 Å². The van der Waals surface area contributed by atoms with Crippen molar-refractivity contribution in [1.29, 1.82) is 0 Å². The number of hydrogen-bond donors (Lipinski definition) is 2. The number of nitrogens with one attached hydrogen (secondary N) is 1. The number of nitrogens with two attached hydrogens (primary N) is 1. The van der Waals surface area contributed by atoms with Crippen LogP contribution in [0.25, 0.3) is 0 Å². The molecule has 19 heavy (non-hydrogen) atoms. The Labute approximate surface area is 114 Å². The Hall–Kier alpha value is -1.96. The lowest BCUT2D eigenvalue weighted by Gasteiger charge is -2.32. The third-order valence-electron chi connectivity index (χ3n) is 3.15. The first-order valence-electron chi connectivity index (χ1n) is 6.19. The quantitative estimate of drug-likeness (QED) is 0.864. The molecule has 100 valence electrons. The highest BCUT2D eigenvalue weighted by Crippen LogP contribution is 2.22. The third kappa shape index (κ3) is 2.90. The first kappa shape index (κ1) is 12.1. The standard InChI is InChI=1S/C11H15N7S/c12-10-16-17-11(19-10)14-8-3-6-18(7-4-8)9-2-1-5-13-15-9/h1-2,5,8H,3-4,6-7H2,(H2,12,16)(H,14,17). The van der Waals surface area contributed by atoms with Gasteiger partial charge in [-0.25, -0.2) is 0 Å². The van der Waals surface area contributed by atoms with Crippen LogP contribution in [0.1, 0.15) is 12.8 Å². The summed E-state index contributed by atoms with van der Waals surface area (Å²) in [6, 6.07) is 4.32. The van der Waals surface area contributed by atoms with Gasteiger partial charge < -0.3 is 16.0 Å². The van der Waals surface area contributed by atoms with Crippen molar-refractivity contribution in [2.45, 2.75) is 18.9 Å². The van der Waals surface area contributed by atoms with Crippen LogP contribution >= 0.6 is 11.3 Å². The highest BCUT2D eigenvalue weighted by molar-refractivity contribution is 7.18. The Morgan fingerprint density at radius 1 is 1.26 bits per heavy atom. The maximum absolute atomic E-state index is 5.56. The van der Waals surface area contributed by atoms with Crippen LogP contribution in [0.5, 0.6) is 0 Å². The maximum atomic E-state index is 5.56. The molecule has 0 aromatic carbocycles. The molecule has 0 spiro atoms. The van der Waals surface area contributed by atoms with E-state index >= 15 is 0 Å². The number of piperidine rings is 1. The molecule has 0 saturated carbocycles. The van der Waals surface area contributed by atoms with Gasteiger partial charge in [0.15, 0.2) is 5.82 Å². The smallest absolute Gasteiger partial charge is 0.207 e. The van der Waals surface area contributed by atoms with Gasteiger partial charge in [0.1, 0.15) is 0 Å². The van der Waals surface area contributed by atoms with E-state index in [1.165, 1.54) is 11.3 Å². The molecule has 0 unspecified atom stereocenters. The summed E-state index contributed by atoms with van der Waals surface area (Å²) in [5, 5.41) is 20.5. The SMILES string of the molecule is Nc1nnc(NC2CCN(c3cccnn3)CC2)s1. The lowest BCUT2D eigenvalue weighted by molar-refractivity contribution is 0.521. The zero-order valence-electron chi connectivity index (χ0n) is 10.4. The largest absolute Gasteiger partial charge is 0.374 e. The summed E-state index contributed by atoms with van der Waals surface area (Å²) in [4.78, 5) is 2.25. The molecule has 0 radical (unpaired) electrons. The van der Waals surface area contributed by atoms with Gasteiger partial charge in [-0.2, -0.15) is 5.10 Å². The van der Waals surface area contributed by atoms with Crippen molar-refractivity contribution in [1.82, 2.24) is 20.4 Å². The molecule has 7 nitrogen and oxygen atoms in total. The molecule has 0 atom stereocenters. The molecule has 3 N–H and O–H groups in total. The maximum Gasteiger partial charge on any atom is 0.207 e. The second-order valence-corrected chi connectivity index (χ2v) is 5.44. The van der Waals surface area contributed by atoms with Crippen molar-refractivity contribution in [2.24, 2.45) is 0 Å². The van der Waals surface area contributed by atoms with Crippen molar-refractivity contribution >= 4 is 27.4 Å². The minimum Gasteiger partial charge on any atom is -0.374 e. The molecular weight excluding hydrogens is 262 g/mol. The molecule has 0 aliphatic carbocycles. The fourth-order valence-electron chi connectivity index (χ4n) is 2.18. The second kappa shape index (κ2) is 5.35. The van der Waals surface area contributed by atoms with E-state index in [-0.39, 0.29) is 0 Å². The first-order valence-corrected chi connectivity index (χ1v) is 7.01. The summed E-state index contributed by atoms with van der Waals surface area (Å²) in [6.45, 7) is 1.93. The fraction of sp³-hybridized carbons (Fsp3) is 0.455. The van der Waals surface area contributed by atoms with E-state index < -0.39 is 0 Å². The summed E-state index contributed by atoms with van der Waals surface area (Å²) in [5.41, 5.74) is 5.56. The molecule has 2 aromatic heterocycles. The zero-order valence-corrected chi connectivity index (χ0v) is 11.2. The molecule has 1 aliphatic heterocycles.